The molecule has 0 amide bonds. The number of rotatable bonds is 20. The maximum atomic E-state index is 5.22. The Morgan fingerprint density at radius 1 is 0.500 bits per heavy atom. The SMILES string of the molecule is C#CCC/C=C\CC/C=C\CCCCCCCCCCCCCCCC. The molecule has 0 spiro atoms. The molecule has 0 unspecified atom stereocenters. The molecule has 0 aliphatic rings. The van der Waals surface area contributed by atoms with Gasteiger partial charge in [-0.25, -0.2) is 0 Å². The van der Waals surface area contributed by atoms with Crippen molar-refractivity contribution >= 4 is 0 Å². The van der Waals surface area contributed by atoms with Crippen molar-refractivity contribution in [2.75, 3.05) is 0 Å². The predicted molar refractivity (Wildman–Crippen MR) is 121 cm³/mol. The highest BCUT2D eigenvalue weighted by Gasteiger charge is 1.93. The highest BCUT2D eigenvalue weighted by atomic mass is 14.0. The average molecular weight is 359 g/mol. The van der Waals surface area contributed by atoms with E-state index >= 15 is 0 Å². The standard InChI is InChI=1S/C26H46/c1-3-5-7-9-11-13-15-17-19-21-23-25-26-24-22-20-18-16-14-12-10-8-6-4-2/h1,9,11,17,19H,4-8,10,12-16,18,20-26H2,2H3/b11-9-,19-17-. The lowest BCUT2D eigenvalue weighted by Gasteiger charge is -2.02. The van der Waals surface area contributed by atoms with Gasteiger partial charge in [-0.15, -0.1) is 12.3 Å². The molecule has 0 radical (unpaired) electrons. The van der Waals surface area contributed by atoms with Gasteiger partial charge in [0.05, 0.1) is 0 Å². The zero-order chi connectivity index (χ0) is 19.0. The Balaban J connectivity index is 3.10. The monoisotopic (exact) mass is 358 g/mol. The van der Waals surface area contributed by atoms with Crippen LogP contribution in [0.1, 0.15) is 129 Å². The Bertz CT molecular complexity index is 342. The first kappa shape index (κ1) is 25.0. The molecule has 0 bridgehead atoms. The van der Waals surface area contributed by atoms with Crippen molar-refractivity contribution in [3.8, 4) is 12.3 Å². The highest BCUT2D eigenvalue weighted by molar-refractivity contribution is 4.92. The van der Waals surface area contributed by atoms with Crippen LogP contribution in [0.25, 0.3) is 0 Å². The minimum atomic E-state index is 0.867. The number of unbranched alkanes of at least 4 members (excludes halogenated alkanes) is 16. The molecule has 0 atom stereocenters. The van der Waals surface area contributed by atoms with Crippen LogP contribution in [0.2, 0.25) is 0 Å². The van der Waals surface area contributed by atoms with Gasteiger partial charge in [-0.3, -0.25) is 0 Å². The van der Waals surface area contributed by atoms with Crippen molar-refractivity contribution in [2.24, 2.45) is 0 Å². The van der Waals surface area contributed by atoms with Crippen molar-refractivity contribution in [3.05, 3.63) is 24.3 Å². The van der Waals surface area contributed by atoms with Crippen LogP contribution in [0, 0.1) is 12.3 Å². The van der Waals surface area contributed by atoms with Crippen LogP contribution >= 0.6 is 0 Å². The van der Waals surface area contributed by atoms with E-state index in [1.807, 2.05) is 0 Å². The normalized spacial score (nSPS) is 11.5. The van der Waals surface area contributed by atoms with Crippen molar-refractivity contribution in [3.63, 3.8) is 0 Å². The molecule has 0 heteroatoms. The summed E-state index contributed by atoms with van der Waals surface area (Å²) in [4.78, 5) is 0. The number of allylic oxidation sites excluding steroid dienone is 4. The van der Waals surface area contributed by atoms with Crippen LogP contribution in [0.3, 0.4) is 0 Å². The van der Waals surface area contributed by atoms with Crippen molar-refractivity contribution < 1.29 is 0 Å². The number of terminal acetylenes is 1. The van der Waals surface area contributed by atoms with E-state index in [0.29, 0.717) is 0 Å². The fourth-order valence-corrected chi connectivity index (χ4v) is 3.29. The Morgan fingerprint density at radius 3 is 1.35 bits per heavy atom. The second-order valence-electron chi connectivity index (χ2n) is 7.65. The lowest BCUT2D eigenvalue weighted by atomic mass is 10.0. The summed E-state index contributed by atoms with van der Waals surface area (Å²) in [5.41, 5.74) is 0. The van der Waals surface area contributed by atoms with Crippen LogP contribution < -0.4 is 0 Å². The Labute approximate surface area is 165 Å². The van der Waals surface area contributed by atoms with Crippen LogP contribution in [0.5, 0.6) is 0 Å². The van der Waals surface area contributed by atoms with E-state index < -0.39 is 0 Å². The fraction of sp³-hybridized carbons (Fsp3) is 0.769. The van der Waals surface area contributed by atoms with Gasteiger partial charge in [0.15, 0.2) is 0 Å². The van der Waals surface area contributed by atoms with Crippen LogP contribution in [0.15, 0.2) is 24.3 Å². The molecule has 0 saturated heterocycles. The molecule has 0 rings (SSSR count). The van der Waals surface area contributed by atoms with Crippen LogP contribution in [-0.2, 0) is 0 Å². The smallest absolute Gasteiger partial charge is 0.0121 e. The third-order valence-electron chi connectivity index (χ3n) is 5.01. The van der Waals surface area contributed by atoms with E-state index in [2.05, 4.69) is 37.1 Å². The predicted octanol–water partition coefficient (Wildman–Crippen LogP) is 9.16. The highest BCUT2D eigenvalue weighted by Crippen LogP contribution is 2.13. The van der Waals surface area contributed by atoms with E-state index in [1.54, 1.807) is 0 Å². The van der Waals surface area contributed by atoms with Gasteiger partial charge >= 0.3 is 0 Å². The van der Waals surface area contributed by atoms with Gasteiger partial charge in [0.2, 0.25) is 0 Å². The zero-order valence-corrected chi connectivity index (χ0v) is 17.8. The third kappa shape index (κ3) is 23.0. The second-order valence-corrected chi connectivity index (χ2v) is 7.65. The molecule has 0 aromatic carbocycles. The zero-order valence-electron chi connectivity index (χ0n) is 17.8. The van der Waals surface area contributed by atoms with Gasteiger partial charge in [0, 0.05) is 6.42 Å². The van der Waals surface area contributed by atoms with Gasteiger partial charge in [-0.2, -0.15) is 0 Å². The molecule has 0 aliphatic heterocycles. The van der Waals surface area contributed by atoms with Crippen LogP contribution in [-0.4, -0.2) is 0 Å². The average Bonchev–Trinajstić information content (AvgIpc) is 2.66. The minimum Gasteiger partial charge on any atom is -0.120 e. The molecular weight excluding hydrogens is 312 g/mol. The number of hydrogen-bond donors (Lipinski definition) is 0. The molecule has 0 fully saturated rings. The lowest BCUT2D eigenvalue weighted by molar-refractivity contribution is 0.536. The van der Waals surface area contributed by atoms with Gasteiger partial charge in [0.1, 0.15) is 0 Å². The molecule has 0 aromatic heterocycles. The minimum absolute atomic E-state index is 0.867. The maximum absolute atomic E-state index is 5.22. The van der Waals surface area contributed by atoms with Gasteiger partial charge in [0.25, 0.3) is 0 Å². The van der Waals surface area contributed by atoms with E-state index in [9.17, 15) is 0 Å². The Hall–Kier alpha value is -0.960. The van der Waals surface area contributed by atoms with Crippen molar-refractivity contribution in [1.82, 2.24) is 0 Å². The van der Waals surface area contributed by atoms with E-state index in [-0.39, 0.29) is 0 Å². The molecule has 150 valence electrons. The van der Waals surface area contributed by atoms with Gasteiger partial charge in [-0.1, -0.05) is 115 Å². The molecule has 0 aromatic rings. The molecule has 0 saturated carbocycles. The molecule has 0 nitrogen and oxygen atoms in total. The van der Waals surface area contributed by atoms with Gasteiger partial charge in [-0.05, 0) is 32.1 Å². The molecule has 0 aliphatic carbocycles. The second kappa shape index (κ2) is 24.0. The summed E-state index contributed by atoms with van der Waals surface area (Å²) in [7, 11) is 0. The molecule has 26 heavy (non-hydrogen) atoms. The summed E-state index contributed by atoms with van der Waals surface area (Å²) in [6, 6.07) is 0. The topological polar surface area (TPSA) is 0 Å². The Kier molecular flexibility index (Phi) is 23.2. The first-order chi connectivity index (χ1) is 12.9. The molecule has 0 heterocycles. The summed E-state index contributed by atoms with van der Waals surface area (Å²) >= 11 is 0. The fourth-order valence-electron chi connectivity index (χ4n) is 3.29. The Morgan fingerprint density at radius 2 is 0.885 bits per heavy atom. The van der Waals surface area contributed by atoms with E-state index in [4.69, 9.17) is 6.42 Å². The van der Waals surface area contributed by atoms with Crippen LogP contribution in [0.4, 0.5) is 0 Å². The molecular formula is C26H46. The lowest BCUT2D eigenvalue weighted by Crippen LogP contribution is -1.83. The maximum Gasteiger partial charge on any atom is 0.0121 e. The summed E-state index contributed by atoms with van der Waals surface area (Å²) in [6.45, 7) is 2.29. The summed E-state index contributed by atoms with van der Waals surface area (Å²) in [5, 5.41) is 0. The van der Waals surface area contributed by atoms with Gasteiger partial charge < -0.3 is 0 Å². The molecule has 0 N–H and O–H groups in total. The summed E-state index contributed by atoms with van der Waals surface area (Å²) in [5.74, 6) is 2.66. The first-order valence-corrected chi connectivity index (χ1v) is 11.6. The van der Waals surface area contributed by atoms with Crippen molar-refractivity contribution in [1.29, 1.82) is 0 Å². The first-order valence-electron chi connectivity index (χ1n) is 11.6. The number of hydrogen-bond acceptors (Lipinski definition) is 0. The summed E-state index contributed by atoms with van der Waals surface area (Å²) in [6.07, 6.45) is 40.0. The third-order valence-corrected chi connectivity index (χ3v) is 5.01. The quantitative estimate of drug-likeness (QED) is 0.116. The summed E-state index contributed by atoms with van der Waals surface area (Å²) < 4.78 is 0. The van der Waals surface area contributed by atoms with Crippen molar-refractivity contribution in [2.45, 2.75) is 129 Å². The van der Waals surface area contributed by atoms with E-state index in [1.165, 1.54) is 103 Å². The largest absolute Gasteiger partial charge is 0.120 e. The van der Waals surface area contributed by atoms with E-state index in [0.717, 1.165) is 19.3 Å².